The van der Waals surface area contributed by atoms with Gasteiger partial charge in [0, 0.05) is 12.3 Å². The van der Waals surface area contributed by atoms with Gasteiger partial charge >= 0.3 is 0 Å². The highest BCUT2D eigenvalue weighted by atomic mass is 16.4. The van der Waals surface area contributed by atoms with Gasteiger partial charge in [0.05, 0.1) is 12.0 Å². The number of carbonyl (C=O) groups is 2. The molecule has 0 radical (unpaired) electrons. The molecule has 0 aromatic rings. The van der Waals surface area contributed by atoms with Crippen LogP contribution >= 0.6 is 0 Å². The molecule has 2 bridgehead atoms. The average molecular weight is 324 g/mol. The number of hydrogen-bond acceptors (Lipinski definition) is 3. The zero-order valence-corrected chi connectivity index (χ0v) is 14.7. The minimum absolute atomic E-state index is 0.00508. The molecule has 4 aliphatic carbocycles. The van der Waals surface area contributed by atoms with E-state index in [1.807, 2.05) is 0 Å². The molecule has 3 fully saturated rings. The Kier molecular flexibility index (Phi) is 4.52. The van der Waals surface area contributed by atoms with E-state index in [-0.39, 0.29) is 29.0 Å². The predicted octanol–water partition coefficient (Wildman–Crippen LogP) is 3.69. The fraction of sp³-hybridized carbons (Fsp3) is 0.800. The van der Waals surface area contributed by atoms with Gasteiger partial charge in [-0.05, 0) is 49.0 Å². The Balaban J connectivity index is 1.73. The highest BCUT2D eigenvalue weighted by Gasteiger charge is 2.61. The molecule has 0 saturated heterocycles. The second-order valence-electron chi connectivity index (χ2n) is 8.51. The lowest BCUT2D eigenvalue weighted by molar-refractivity contribution is -0.168. The van der Waals surface area contributed by atoms with Crippen molar-refractivity contribution in [3.8, 4) is 0 Å². The van der Waals surface area contributed by atoms with Gasteiger partial charge in [0.15, 0.2) is 5.78 Å². The van der Waals surface area contributed by atoms with E-state index in [1.54, 1.807) is 6.08 Å². The number of aliphatic hydroxyl groups excluding tert-OH is 1. The second-order valence-corrected chi connectivity index (χ2v) is 8.51. The molecule has 4 aliphatic rings. The molecule has 0 heterocycles. The van der Waals surface area contributed by atoms with E-state index in [0.717, 1.165) is 31.3 Å². The summed E-state index contributed by atoms with van der Waals surface area (Å²) in [4.78, 5) is 25.0. The number of hydrogen-bond donors (Lipinski definition) is 1. The molecule has 3 saturated carbocycles. The van der Waals surface area contributed by atoms with Crippen molar-refractivity contribution in [3.05, 3.63) is 11.6 Å². The maximum Gasteiger partial charge on any atom is 0.161 e. The van der Waals surface area contributed by atoms with Crippen LogP contribution < -0.4 is 0 Å². The number of fused-ring (bicyclic) bond motifs is 2. The Hall–Kier alpha value is -0.960. The maximum absolute atomic E-state index is 12.7. The predicted molar refractivity (Wildman–Crippen MR) is 89.8 cm³/mol. The van der Waals surface area contributed by atoms with Gasteiger partial charge in [-0.3, -0.25) is 9.59 Å². The minimum atomic E-state index is -0.602. The Morgan fingerprint density at radius 2 is 1.96 bits per heavy atom. The fourth-order valence-corrected chi connectivity index (χ4v) is 5.34. The average Bonchev–Trinajstić information content (AvgIpc) is 2.45. The first kappa shape index (κ1) is 16.9. The summed E-state index contributed by atoms with van der Waals surface area (Å²) in [6, 6.07) is 0. The van der Waals surface area contributed by atoms with Crippen LogP contribution in [0.4, 0.5) is 0 Å². The third-order valence-corrected chi connectivity index (χ3v) is 6.81. The number of ketones is 2. The van der Waals surface area contributed by atoms with Gasteiger partial charge in [-0.1, -0.05) is 39.2 Å². The lowest BCUT2D eigenvalue weighted by Gasteiger charge is -2.60. The van der Waals surface area contributed by atoms with Crippen LogP contribution in [0.15, 0.2) is 11.6 Å². The topological polar surface area (TPSA) is 54.4 Å². The molecule has 3 nitrogen and oxygen atoms in total. The molecule has 0 aliphatic heterocycles. The number of aliphatic hydroxyl groups is 1. The van der Waals surface area contributed by atoms with Crippen molar-refractivity contribution in [3.63, 3.8) is 0 Å². The summed E-state index contributed by atoms with van der Waals surface area (Å²) in [7, 11) is 0. The summed E-state index contributed by atoms with van der Waals surface area (Å²) in [6.07, 6.45) is 7.54. The summed E-state index contributed by atoms with van der Waals surface area (Å²) in [6.45, 7) is 6.47. The largest absolute Gasteiger partial charge is 0.392 e. The van der Waals surface area contributed by atoms with Crippen LogP contribution in [-0.2, 0) is 9.59 Å². The first-order valence-electron chi connectivity index (χ1n) is 9.30. The lowest BCUT2D eigenvalue weighted by atomic mass is 9.46. The summed E-state index contributed by atoms with van der Waals surface area (Å²) in [5.41, 5.74) is 1.10. The minimum Gasteiger partial charge on any atom is -0.392 e. The first-order valence-corrected chi connectivity index (χ1v) is 9.30. The van der Waals surface area contributed by atoms with Gasteiger partial charge in [0.1, 0.15) is 5.78 Å². The van der Waals surface area contributed by atoms with Crippen LogP contribution in [0.5, 0.6) is 0 Å². The van der Waals surface area contributed by atoms with Crippen molar-refractivity contribution in [2.45, 2.75) is 71.8 Å². The first-order chi connectivity index (χ1) is 10.9. The molecule has 0 aromatic heterocycles. The van der Waals surface area contributed by atoms with Crippen molar-refractivity contribution in [2.75, 3.05) is 0 Å². The second kappa shape index (κ2) is 6.16. The highest BCUT2D eigenvalue weighted by Crippen LogP contribution is 2.62. The lowest BCUT2D eigenvalue weighted by Crippen LogP contribution is -2.60. The van der Waals surface area contributed by atoms with E-state index in [0.29, 0.717) is 24.5 Å². The van der Waals surface area contributed by atoms with E-state index in [1.165, 1.54) is 6.42 Å². The number of carbonyl (C=O) groups excluding carboxylic acids is 2. The normalized spacial score (nSPS) is 39.0. The molecule has 0 spiro atoms. The van der Waals surface area contributed by atoms with Gasteiger partial charge < -0.3 is 5.11 Å². The molecule has 3 heteroatoms. The monoisotopic (exact) mass is 324 g/mol. The summed E-state index contributed by atoms with van der Waals surface area (Å²) >= 11 is 0. The maximum atomic E-state index is 12.7. The van der Waals surface area contributed by atoms with Gasteiger partial charge in [-0.15, -0.1) is 0 Å². The van der Waals surface area contributed by atoms with E-state index >= 15 is 0 Å². The van der Waals surface area contributed by atoms with Crippen LogP contribution in [0.2, 0.25) is 0 Å². The molecule has 0 amide bonds. The van der Waals surface area contributed by atoms with E-state index in [9.17, 15) is 14.7 Å². The third kappa shape index (κ3) is 2.82. The summed E-state index contributed by atoms with van der Waals surface area (Å²) in [5.74, 6) is 0.635. The van der Waals surface area contributed by atoms with Crippen molar-refractivity contribution in [1.29, 1.82) is 0 Å². The Labute approximate surface area is 139 Å². The van der Waals surface area contributed by atoms with Gasteiger partial charge in [-0.25, -0.2) is 0 Å². The zero-order chi connectivity index (χ0) is 16.8. The molecule has 5 atom stereocenters. The zero-order valence-electron chi connectivity index (χ0n) is 14.7. The van der Waals surface area contributed by atoms with E-state index in [4.69, 9.17) is 0 Å². The highest BCUT2D eigenvalue weighted by molar-refractivity contribution is 5.95. The van der Waals surface area contributed by atoms with Gasteiger partial charge in [0.2, 0.25) is 0 Å². The van der Waals surface area contributed by atoms with Crippen LogP contribution in [0, 0.1) is 29.1 Å². The number of rotatable bonds is 5. The number of unbranched alkanes of at least 4 members (excludes halogenated alkanes) is 2. The fourth-order valence-electron chi connectivity index (χ4n) is 5.34. The van der Waals surface area contributed by atoms with Crippen molar-refractivity contribution >= 4 is 11.6 Å². The Morgan fingerprint density at radius 3 is 2.52 bits per heavy atom. The third-order valence-electron chi connectivity index (χ3n) is 6.81. The molecular formula is C20H30O3. The standard InChI is InChI=1S/C20H30O3/c1-4-5-6-7-12-8-17(22)19(18(23)9-12)13-10-16(21)15-11-14(13)20(15,2)3/h8,13-15,18-19,23H,4-7,9-11H2,1-3H3/t13?,14-,15+,18?,19?/m1/s1/i8+1,9+1,12+1,17+1,18+1,19+1. The Bertz CT molecular complexity index is 531. The molecule has 128 valence electrons. The van der Waals surface area contributed by atoms with Crippen LogP contribution in [0.25, 0.3) is 0 Å². The molecule has 23 heavy (non-hydrogen) atoms. The number of Topliss-reactive ketones (excluding diaryl/α,β-unsaturated/α-hetero) is 1. The van der Waals surface area contributed by atoms with E-state index < -0.39 is 6.10 Å². The smallest absolute Gasteiger partial charge is 0.161 e. The van der Waals surface area contributed by atoms with Gasteiger partial charge in [-0.2, -0.15) is 0 Å². The SMILES string of the molecule is CCCCC[13C]1=[13CH][13C](=O)[13CH](C2CC(=O)[C@@H]3C[C@H]2C3(C)C)[13CH](O)[13CH2]1. The molecule has 1 N–H and O–H groups in total. The van der Waals surface area contributed by atoms with E-state index in [2.05, 4.69) is 20.8 Å². The molecule has 4 rings (SSSR count). The van der Waals surface area contributed by atoms with Crippen molar-refractivity contribution in [2.24, 2.45) is 29.1 Å². The van der Waals surface area contributed by atoms with Gasteiger partial charge in [0.25, 0.3) is 0 Å². The van der Waals surface area contributed by atoms with Crippen molar-refractivity contribution < 1.29 is 14.7 Å². The number of allylic oxidation sites excluding steroid dienone is 1. The Morgan fingerprint density at radius 1 is 1.22 bits per heavy atom. The van der Waals surface area contributed by atoms with Crippen LogP contribution in [0.1, 0.15) is 65.7 Å². The molecule has 3 unspecified atom stereocenters. The van der Waals surface area contributed by atoms with Crippen LogP contribution in [-0.4, -0.2) is 22.8 Å². The van der Waals surface area contributed by atoms with Crippen LogP contribution in [0.3, 0.4) is 0 Å². The quantitative estimate of drug-likeness (QED) is 0.620. The summed E-state index contributed by atoms with van der Waals surface area (Å²) < 4.78 is 0. The molecule has 0 aromatic carbocycles. The summed E-state index contributed by atoms with van der Waals surface area (Å²) in [5, 5.41) is 10.6. The molecular weight excluding hydrogens is 294 g/mol. The van der Waals surface area contributed by atoms with Crippen molar-refractivity contribution in [1.82, 2.24) is 0 Å².